The molecular weight excluding hydrogens is 326 g/mol. The Kier molecular flexibility index (Phi) is 6.32. The van der Waals surface area contributed by atoms with Gasteiger partial charge < -0.3 is 0 Å². The fourth-order valence-electron chi connectivity index (χ4n) is 1.80. The molecule has 0 N–H and O–H groups in total. The van der Waals surface area contributed by atoms with Crippen molar-refractivity contribution in [3.05, 3.63) is 53.1 Å². The van der Waals surface area contributed by atoms with Crippen molar-refractivity contribution in [1.82, 2.24) is 0 Å². The first-order valence-electron chi connectivity index (χ1n) is 5.30. The van der Waals surface area contributed by atoms with Crippen molar-refractivity contribution in [2.45, 2.75) is 19.6 Å². The van der Waals surface area contributed by atoms with Gasteiger partial charge in [-0.1, -0.05) is 61.3 Å². The van der Waals surface area contributed by atoms with Gasteiger partial charge in [0.05, 0.1) is 8.07 Å². The van der Waals surface area contributed by atoms with Crippen molar-refractivity contribution in [2.75, 3.05) is 0 Å². The van der Waals surface area contributed by atoms with Crippen LogP contribution in [-0.2, 0) is 14.7 Å². The number of allylic oxidation sites excluding steroid dienone is 8. The summed E-state index contributed by atoms with van der Waals surface area (Å²) in [6, 6.07) is 0. The molecule has 0 atom stereocenters. The topological polar surface area (TPSA) is 0 Å². The van der Waals surface area contributed by atoms with Gasteiger partial charge in [0.25, 0.3) is 0 Å². The van der Waals surface area contributed by atoms with E-state index in [0.29, 0.717) is 0 Å². The van der Waals surface area contributed by atoms with Crippen LogP contribution in [0.1, 0.15) is 0 Å². The van der Waals surface area contributed by atoms with Crippen LogP contribution < -0.4 is 0 Å². The summed E-state index contributed by atoms with van der Waals surface area (Å²) < 4.78 is 0. The zero-order chi connectivity index (χ0) is 13.1. The van der Waals surface area contributed by atoms with Gasteiger partial charge >= 0.3 is 42.6 Å². The van der Waals surface area contributed by atoms with Gasteiger partial charge in [-0.15, -0.1) is 0 Å². The van der Waals surface area contributed by atoms with Gasteiger partial charge in [0.1, 0.15) is 0 Å². The van der Waals surface area contributed by atoms with E-state index in [1.54, 1.807) is 5.20 Å². The molecule has 0 heterocycles. The van der Waals surface area contributed by atoms with E-state index < -0.39 is 22.8 Å². The van der Waals surface area contributed by atoms with E-state index >= 15 is 0 Å². The zero-order valence-electron chi connectivity index (χ0n) is 10.1. The summed E-state index contributed by atoms with van der Waals surface area (Å²) in [5.74, 6) is 1.39. The Balaban J connectivity index is 0.000000317. The van der Waals surface area contributed by atoms with Gasteiger partial charge in [-0.25, -0.2) is 0 Å². The SMILES string of the molecule is C[Si](C)(C)C1=C2C=CC=C[C]2C=C1.[Cl][Ti]([Cl])[Cl]. The van der Waals surface area contributed by atoms with Crippen LogP contribution in [0, 0.1) is 5.92 Å². The van der Waals surface area contributed by atoms with Crippen LogP contribution in [0.5, 0.6) is 0 Å². The number of hydrogen-bond donors (Lipinski definition) is 0. The Morgan fingerprint density at radius 1 is 0.882 bits per heavy atom. The molecule has 0 unspecified atom stereocenters. The normalized spacial score (nSPS) is 18.0. The summed E-state index contributed by atoms with van der Waals surface area (Å²) in [6.07, 6.45) is 13.2. The molecule has 0 aromatic heterocycles. The van der Waals surface area contributed by atoms with Crippen LogP contribution in [-0.4, -0.2) is 8.07 Å². The predicted molar refractivity (Wildman–Crippen MR) is 78.6 cm³/mol. The second-order valence-corrected chi connectivity index (χ2v) is 17.6. The summed E-state index contributed by atoms with van der Waals surface area (Å²) in [5.41, 5.74) is 1.46. The molecule has 0 nitrogen and oxygen atoms in total. The van der Waals surface area contributed by atoms with Gasteiger partial charge in [0.15, 0.2) is 0 Å². The van der Waals surface area contributed by atoms with Crippen LogP contribution >= 0.6 is 27.9 Å². The Hall–Kier alpha value is 0.761. The second kappa shape index (κ2) is 6.79. The Bertz CT molecular complexity index is 386. The van der Waals surface area contributed by atoms with Crippen LogP contribution in [0.15, 0.2) is 47.2 Å². The fourth-order valence-corrected chi connectivity index (χ4v) is 3.42. The van der Waals surface area contributed by atoms with E-state index in [-0.39, 0.29) is 0 Å². The molecule has 0 amide bonds. The number of fused-ring (bicyclic) bond motifs is 1. The fraction of sp³-hybridized carbons (Fsp3) is 0.250. The van der Waals surface area contributed by atoms with Gasteiger partial charge in [-0.05, 0) is 5.57 Å². The van der Waals surface area contributed by atoms with Crippen LogP contribution in [0.4, 0.5) is 0 Å². The summed E-state index contributed by atoms with van der Waals surface area (Å²) in [5, 5.41) is 1.59. The molecule has 2 aliphatic rings. The summed E-state index contributed by atoms with van der Waals surface area (Å²) >= 11 is -1.92. The van der Waals surface area contributed by atoms with Crippen LogP contribution in [0.2, 0.25) is 19.6 Å². The molecule has 0 aromatic rings. The third-order valence-corrected chi connectivity index (χ3v) is 4.54. The van der Waals surface area contributed by atoms with E-state index in [2.05, 4.69) is 56.1 Å². The summed E-state index contributed by atoms with van der Waals surface area (Å²) in [6.45, 7) is 7.19. The van der Waals surface area contributed by atoms with Gasteiger partial charge in [-0.3, -0.25) is 0 Å². The Labute approximate surface area is 122 Å². The molecule has 2 rings (SSSR count). The van der Waals surface area contributed by atoms with Crippen molar-refractivity contribution < 1.29 is 14.7 Å². The average Bonchev–Trinajstić information content (AvgIpc) is 2.58. The maximum absolute atomic E-state index is 4.97. The van der Waals surface area contributed by atoms with E-state index in [1.165, 1.54) is 11.5 Å². The summed E-state index contributed by atoms with van der Waals surface area (Å²) in [7, 11) is 13.8. The molecule has 0 aliphatic heterocycles. The summed E-state index contributed by atoms with van der Waals surface area (Å²) in [4.78, 5) is 0. The van der Waals surface area contributed by atoms with Crippen LogP contribution in [0.3, 0.4) is 0 Å². The first-order chi connectivity index (χ1) is 7.82. The molecule has 0 saturated carbocycles. The average molecular weight is 342 g/mol. The number of rotatable bonds is 1. The standard InChI is InChI=1S/C12H15Si.3ClH.Ti/c1-13(2,3)12-9-8-10-6-4-5-7-11(10)12;;;;/h4-9H,1-3H3;3*1H;/q;;;;+3/p-3. The van der Waals surface area contributed by atoms with Crippen molar-refractivity contribution in [3.63, 3.8) is 0 Å². The minimum atomic E-state index is -1.92. The molecule has 0 saturated heterocycles. The monoisotopic (exact) mass is 340 g/mol. The molecule has 0 aromatic carbocycles. The first-order valence-corrected chi connectivity index (χ1v) is 15.3. The molecule has 17 heavy (non-hydrogen) atoms. The van der Waals surface area contributed by atoms with Crippen molar-refractivity contribution in [3.8, 4) is 0 Å². The number of halogens is 3. The van der Waals surface area contributed by atoms with Crippen molar-refractivity contribution in [1.29, 1.82) is 0 Å². The predicted octanol–water partition coefficient (Wildman–Crippen LogP) is 5.50. The minimum absolute atomic E-state index is 1.15. The van der Waals surface area contributed by atoms with Crippen molar-refractivity contribution >= 4 is 36.0 Å². The molecule has 0 fully saturated rings. The van der Waals surface area contributed by atoms with E-state index in [1.807, 2.05) is 0 Å². The van der Waals surface area contributed by atoms with Gasteiger partial charge in [-0.2, -0.15) is 0 Å². The van der Waals surface area contributed by atoms with Gasteiger partial charge in [0, 0.05) is 5.92 Å². The quantitative estimate of drug-likeness (QED) is 0.553. The zero-order valence-corrected chi connectivity index (χ0v) is 14.9. The first kappa shape index (κ1) is 15.8. The second-order valence-electron chi connectivity index (χ2n) is 4.80. The molecule has 2 aliphatic carbocycles. The number of hydrogen-bond acceptors (Lipinski definition) is 0. The Morgan fingerprint density at radius 2 is 1.41 bits per heavy atom. The third kappa shape index (κ3) is 5.10. The van der Waals surface area contributed by atoms with Crippen LogP contribution in [0.25, 0.3) is 0 Å². The molecule has 1 radical (unpaired) electrons. The Morgan fingerprint density at radius 3 is 1.94 bits per heavy atom. The molecule has 92 valence electrons. The molecule has 0 bridgehead atoms. The van der Waals surface area contributed by atoms with Gasteiger partial charge in [0.2, 0.25) is 0 Å². The molecular formula is C12H15Cl3SiTi. The van der Waals surface area contributed by atoms with E-state index in [4.69, 9.17) is 27.9 Å². The third-order valence-electron chi connectivity index (χ3n) is 2.49. The van der Waals surface area contributed by atoms with E-state index in [9.17, 15) is 0 Å². The maximum atomic E-state index is 4.97. The molecule has 0 spiro atoms. The van der Waals surface area contributed by atoms with E-state index in [0.717, 1.165) is 0 Å². The molecule has 5 heteroatoms. The van der Waals surface area contributed by atoms with Crippen molar-refractivity contribution in [2.24, 2.45) is 0 Å².